The highest BCUT2D eigenvalue weighted by Crippen LogP contribution is 2.32. The second-order valence-corrected chi connectivity index (χ2v) is 7.99. The molecule has 1 atom stereocenters. The molecule has 1 saturated heterocycles. The summed E-state index contributed by atoms with van der Waals surface area (Å²) < 4.78 is 44.7. The van der Waals surface area contributed by atoms with Crippen LogP contribution < -0.4 is 9.64 Å². The van der Waals surface area contributed by atoms with Crippen LogP contribution in [-0.4, -0.2) is 37.6 Å². The molecule has 1 aliphatic rings. The molecular formula is C26H27F3N2O. The maximum atomic E-state index is 12.9. The minimum absolute atomic E-state index is 0.222. The Morgan fingerprint density at radius 1 is 0.750 bits per heavy atom. The Bertz CT molecular complexity index is 954. The van der Waals surface area contributed by atoms with Gasteiger partial charge in [-0.2, -0.15) is 13.2 Å². The number of alkyl halides is 3. The van der Waals surface area contributed by atoms with E-state index in [0.29, 0.717) is 5.75 Å². The van der Waals surface area contributed by atoms with Gasteiger partial charge in [-0.05, 0) is 42.0 Å². The number of hydrogen-bond donors (Lipinski definition) is 0. The SMILES string of the molecule is FC(F)(F)c1ccc(OC(CCN2CCN(c3ccccc3)CC2)c2ccccc2)cc1. The molecule has 0 aliphatic carbocycles. The second kappa shape index (κ2) is 10.1. The third-order valence-corrected chi connectivity index (χ3v) is 5.83. The fraction of sp³-hybridized carbons (Fsp3) is 0.308. The van der Waals surface area contributed by atoms with Crippen molar-refractivity contribution < 1.29 is 17.9 Å². The van der Waals surface area contributed by atoms with Gasteiger partial charge in [-0.25, -0.2) is 0 Å². The maximum Gasteiger partial charge on any atom is 0.416 e. The van der Waals surface area contributed by atoms with Crippen molar-refractivity contribution >= 4 is 5.69 Å². The third kappa shape index (κ3) is 5.82. The molecule has 168 valence electrons. The first kappa shape index (κ1) is 22.2. The molecule has 1 unspecified atom stereocenters. The van der Waals surface area contributed by atoms with Crippen LogP contribution in [0.15, 0.2) is 84.9 Å². The second-order valence-electron chi connectivity index (χ2n) is 7.99. The van der Waals surface area contributed by atoms with Gasteiger partial charge in [0.15, 0.2) is 0 Å². The fourth-order valence-corrected chi connectivity index (χ4v) is 4.02. The number of ether oxygens (including phenoxy) is 1. The number of nitrogens with zero attached hydrogens (tertiary/aromatic N) is 2. The average Bonchev–Trinajstić information content (AvgIpc) is 2.83. The first-order valence-corrected chi connectivity index (χ1v) is 10.9. The normalized spacial score (nSPS) is 16.0. The lowest BCUT2D eigenvalue weighted by molar-refractivity contribution is -0.137. The van der Waals surface area contributed by atoms with Crippen molar-refractivity contribution in [1.82, 2.24) is 4.90 Å². The third-order valence-electron chi connectivity index (χ3n) is 5.83. The van der Waals surface area contributed by atoms with Crippen LogP contribution >= 0.6 is 0 Å². The molecule has 0 amide bonds. The molecule has 6 heteroatoms. The molecule has 3 nitrogen and oxygen atoms in total. The summed E-state index contributed by atoms with van der Waals surface area (Å²) in [7, 11) is 0. The largest absolute Gasteiger partial charge is 0.486 e. The molecule has 1 heterocycles. The molecule has 3 aromatic rings. The van der Waals surface area contributed by atoms with E-state index in [4.69, 9.17) is 4.74 Å². The van der Waals surface area contributed by atoms with Crippen molar-refractivity contribution in [2.24, 2.45) is 0 Å². The van der Waals surface area contributed by atoms with Crippen molar-refractivity contribution in [3.8, 4) is 5.75 Å². The van der Waals surface area contributed by atoms with Gasteiger partial charge in [-0.3, -0.25) is 4.90 Å². The predicted octanol–water partition coefficient (Wildman–Crippen LogP) is 6.04. The van der Waals surface area contributed by atoms with E-state index >= 15 is 0 Å². The molecule has 0 saturated carbocycles. The van der Waals surface area contributed by atoms with E-state index in [-0.39, 0.29) is 6.10 Å². The summed E-state index contributed by atoms with van der Waals surface area (Å²) in [6.07, 6.45) is -3.81. The lowest BCUT2D eigenvalue weighted by Crippen LogP contribution is -2.46. The number of hydrogen-bond acceptors (Lipinski definition) is 3. The maximum absolute atomic E-state index is 12.9. The van der Waals surface area contributed by atoms with Crippen LogP contribution in [0, 0.1) is 0 Å². The highest BCUT2D eigenvalue weighted by atomic mass is 19.4. The minimum atomic E-state index is -4.35. The fourth-order valence-electron chi connectivity index (χ4n) is 4.02. The summed E-state index contributed by atoms with van der Waals surface area (Å²) in [5.74, 6) is 0.445. The van der Waals surface area contributed by atoms with Crippen LogP contribution in [0.3, 0.4) is 0 Å². The Morgan fingerprint density at radius 3 is 1.94 bits per heavy atom. The average molecular weight is 441 g/mol. The zero-order valence-corrected chi connectivity index (χ0v) is 17.8. The molecular weight excluding hydrogens is 413 g/mol. The van der Waals surface area contributed by atoms with Gasteiger partial charge in [0.05, 0.1) is 5.56 Å². The number of piperazine rings is 1. The van der Waals surface area contributed by atoms with Gasteiger partial charge in [0.2, 0.25) is 0 Å². The van der Waals surface area contributed by atoms with E-state index in [2.05, 4.69) is 34.1 Å². The minimum Gasteiger partial charge on any atom is -0.486 e. The van der Waals surface area contributed by atoms with E-state index in [1.165, 1.54) is 17.8 Å². The Labute approximate surface area is 187 Å². The standard InChI is InChI=1S/C26H27F3N2O/c27-26(28,29)22-11-13-24(14-12-22)32-25(21-7-3-1-4-8-21)15-16-30-17-19-31(20-18-30)23-9-5-2-6-10-23/h1-14,25H,15-20H2. The summed E-state index contributed by atoms with van der Waals surface area (Å²) in [4.78, 5) is 4.81. The van der Waals surface area contributed by atoms with Gasteiger partial charge in [0, 0.05) is 44.8 Å². The highest BCUT2D eigenvalue weighted by Gasteiger charge is 2.30. The van der Waals surface area contributed by atoms with E-state index in [0.717, 1.165) is 56.8 Å². The molecule has 1 aliphatic heterocycles. The molecule has 4 rings (SSSR count). The van der Waals surface area contributed by atoms with Crippen molar-refractivity contribution in [2.45, 2.75) is 18.7 Å². The lowest BCUT2D eigenvalue weighted by atomic mass is 10.1. The van der Waals surface area contributed by atoms with E-state index < -0.39 is 11.7 Å². The lowest BCUT2D eigenvalue weighted by Gasteiger charge is -2.36. The Hall–Kier alpha value is -2.99. The monoisotopic (exact) mass is 440 g/mol. The van der Waals surface area contributed by atoms with E-state index in [9.17, 15) is 13.2 Å². The van der Waals surface area contributed by atoms with Crippen LogP contribution in [-0.2, 0) is 6.18 Å². The zero-order chi connectivity index (χ0) is 22.4. The quantitative estimate of drug-likeness (QED) is 0.446. The summed E-state index contributed by atoms with van der Waals surface area (Å²) in [6, 6.07) is 25.2. The number of anilines is 1. The molecule has 0 bridgehead atoms. The first-order chi connectivity index (χ1) is 15.5. The summed E-state index contributed by atoms with van der Waals surface area (Å²) in [5, 5.41) is 0. The van der Waals surface area contributed by atoms with Gasteiger partial charge in [0.1, 0.15) is 11.9 Å². The van der Waals surface area contributed by atoms with Crippen LogP contribution in [0.1, 0.15) is 23.7 Å². The van der Waals surface area contributed by atoms with Gasteiger partial charge in [0.25, 0.3) is 0 Å². The summed E-state index contributed by atoms with van der Waals surface area (Å²) in [6.45, 7) is 4.75. The molecule has 0 N–H and O–H groups in total. The molecule has 0 radical (unpaired) electrons. The number of rotatable bonds is 7. The number of benzene rings is 3. The number of halogens is 3. The topological polar surface area (TPSA) is 15.7 Å². The van der Waals surface area contributed by atoms with E-state index in [1.54, 1.807) is 0 Å². The van der Waals surface area contributed by atoms with E-state index in [1.807, 2.05) is 36.4 Å². The van der Waals surface area contributed by atoms with Gasteiger partial charge < -0.3 is 9.64 Å². The molecule has 0 aromatic heterocycles. The summed E-state index contributed by atoms with van der Waals surface area (Å²) in [5.41, 5.74) is 1.60. The van der Waals surface area contributed by atoms with Crippen LogP contribution in [0.2, 0.25) is 0 Å². The smallest absolute Gasteiger partial charge is 0.416 e. The van der Waals surface area contributed by atoms with Crippen molar-refractivity contribution in [3.05, 3.63) is 96.1 Å². The molecule has 0 spiro atoms. The first-order valence-electron chi connectivity index (χ1n) is 10.9. The predicted molar refractivity (Wildman–Crippen MR) is 121 cm³/mol. The van der Waals surface area contributed by atoms with Crippen LogP contribution in [0.4, 0.5) is 18.9 Å². The highest BCUT2D eigenvalue weighted by molar-refractivity contribution is 5.46. The van der Waals surface area contributed by atoms with Crippen LogP contribution in [0.25, 0.3) is 0 Å². The molecule has 3 aromatic carbocycles. The Morgan fingerprint density at radius 2 is 1.34 bits per heavy atom. The Kier molecular flexibility index (Phi) is 7.00. The van der Waals surface area contributed by atoms with Crippen molar-refractivity contribution in [1.29, 1.82) is 0 Å². The Balaban J connectivity index is 1.37. The molecule has 32 heavy (non-hydrogen) atoms. The van der Waals surface area contributed by atoms with Crippen LogP contribution in [0.5, 0.6) is 5.75 Å². The summed E-state index contributed by atoms with van der Waals surface area (Å²) >= 11 is 0. The van der Waals surface area contributed by atoms with Crippen molar-refractivity contribution in [3.63, 3.8) is 0 Å². The van der Waals surface area contributed by atoms with Gasteiger partial charge >= 0.3 is 6.18 Å². The molecule has 1 fully saturated rings. The van der Waals surface area contributed by atoms with Crippen molar-refractivity contribution in [2.75, 3.05) is 37.6 Å². The number of para-hydroxylation sites is 1. The van der Waals surface area contributed by atoms with Gasteiger partial charge in [-0.1, -0.05) is 48.5 Å². The van der Waals surface area contributed by atoms with Gasteiger partial charge in [-0.15, -0.1) is 0 Å². The zero-order valence-electron chi connectivity index (χ0n) is 17.8.